The molecule has 214 valence electrons. The fourth-order valence-electron chi connectivity index (χ4n) is 5.20. The van der Waals surface area contributed by atoms with Gasteiger partial charge in [-0.1, -0.05) is 124 Å². The first-order valence-electron chi connectivity index (χ1n) is 14.6. The number of halogens is 2. The Bertz CT molecular complexity index is 1460. The van der Waals surface area contributed by atoms with E-state index in [2.05, 4.69) is 148 Å². The monoisotopic (exact) mass is 684 g/mol. The average Bonchev–Trinajstić information content (AvgIpc) is 3.63. The summed E-state index contributed by atoms with van der Waals surface area (Å²) in [4.78, 5) is 0. The molecule has 0 aliphatic carbocycles. The number of rotatable bonds is 6. The summed E-state index contributed by atoms with van der Waals surface area (Å²) in [6.45, 7) is 8.77. The van der Waals surface area contributed by atoms with Gasteiger partial charge in [0.05, 0.1) is 0 Å². The topological polar surface area (TPSA) is 0 Å². The second-order valence-electron chi connectivity index (χ2n) is 10.1. The van der Waals surface area contributed by atoms with E-state index in [9.17, 15) is 0 Å². The summed E-state index contributed by atoms with van der Waals surface area (Å²) in [5.41, 5.74) is 8.20. The minimum atomic E-state index is -0.826. The molecule has 0 unspecified atom stereocenters. The molecular formula is C38H40Cl2SiZr. The first kappa shape index (κ1) is 34.3. The summed E-state index contributed by atoms with van der Waals surface area (Å²) >= 11 is -0.826. The summed E-state index contributed by atoms with van der Waals surface area (Å²) in [5, 5.41) is 5.49. The van der Waals surface area contributed by atoms with E-state index in [0.29, 0.717) is 0 Å². The van der Waals surface area contributed by atoms with Gasteiger partial charge in [0, 0.05) is 9.52 Å². The summed E-state index contributed by atoms with van der Waals surface area (Å²) in [6, 6.07) is 43.8. The van der Waals surface area contributed by atoms with Gasteiger partial charge in [0.15, 0.2) is 0 Å². The van der Waals surface area contributed by atoms with Gasteiger partial charge in [0.25, 0.3) is 0 Å². The van der Waals surface area contributed by atoms with Crippen molar-refractivity contribution in [2.24, 2.45) is 0 Å². The second-order valence-corrected chi connectivity index (χ2v) is 14.9. The van der Waals surface area contributed by atoms with Gasteiger partial charge in [-0.05, 0) is 24.0 Å². The second kappa shape index (κ2) is 19.1. The molecule has 0 fully saturated rings. The van der Waals surface area contributed by atoms with Gasteiger partial charge in [-0.2, -0.15) is 12.1 Å². The van der Waals surface area contributed by atoms with Crippen LogP contribution in [0, 0.1) is 0 Å². The Kier molecular flexibility index (Phi) is 15.6. The first-order valence-corrected chi connectivity index (χ1v) is 22.9. The zero-order valence-electron chi connectivity index (χ0n) is 25.1. The molecule has 42 heavy (non-hydrogen) atoms. The number of aryl methyl sites for hydroxylation is 2. The van der Waals surface area contributed by atoms with Gasteiger partial charge in [-0.15, -0.1) is 69.1 Å². The van der Waals surface area contributed by atoms with Crippen LogP contribution in [0.3, 0.4) is 0 Å². The van der Waals surface area contributed by atoms with E-state index in [4.69, 9.17) is 17.0 Å². The molecule has 0 heterocycles. The van der Waals surface area contributed by atoms with Crippen LogP contribution in [-0.4, -0.2) is 9.52 Å². The Labute approximate surface area is 274 Å². The average molecular weight is 687 g/mol. The Morgan fingerprint density at radius 2 is 0.929 bits per heavy atom. The number of hydrogen-bond donors (Lipinski definition) is 0. The maximum atomic E-state index is 4.93. The molecule has 0 N–H and O–H groups in total. The van der Waals surface area contributed by atoms with Crippen LogP contribution in [0.2, 0.25) is 13.1 Å². The quantitative estimate of drug-likeness (QED) is 0.121. The third-order valence-electron chi connectivity index (χ3n) is 6.87. The predicted octanol–water partition coefficient (Wildman–Crippen LogP) is 12.5. The molecule has 0 saturated heterocycles. The molecule has 0 amide bonds. The molecule has 0 aromatic heterocycles. The SMILES string of the molecule is CCCc1cc2c(-c3ccccc3)cccc2[cH-]1.CCCc1cc2c(-c3ccccc3)cccc2[cH-]1.C[Si]C.[Cl][Zr+2][Cl]. The van der Waals surface area contributed by atoms with Gasteiger partial charge >= 0.3 is 37.9 Å². The minimum absolute atomic E-state index is 0.826. The molecule has 0 spiro atoms. The van der Waals surface area contributed by atoms with E-state index in [1.54, 1.807) is 0 Å². The van der Waals surface area contributed by atoms with Crippen LogP contribution < -0.4 is 0 Å². The van der Waals surface area contributed by atoms with Crippen molar-refractivity contribution in [3.8, 4) is 22.3 Å². The van der Waals surface area contributed by atoms with Crippen LogP contribution in [0.15, 0.2) is 121 Å². The van der Waals surface area contributed by atoms with Crippen LogP contribution in [0.5, 0.6) is 0 Å². The number of hydrogen-bond acceptors (Lipinski definition) is 0. The molecule has 0 saturated carbocycles. The van der Waals surface area contributed by atoms with E-state index < -0.39 is 20.8 Å². The van der Waals surface area contributed by atoms with Gasteiger partial charge in [-0.3, -0.25) is 0 Å². The maximum absolute atomic E-state index is 4.93. The molecular weight excluding hydrogens is 647 g/mol. The van der Waals surface area contributed by atoms with Crippen molar-refractivity contribution < 1.29 is 20.8 Å². The molecule has 6 aromatic carbocycles. The zero-order chi connectivity index (χ0) is 30.2. The molecule has 2 radical (unpaired) electrons. The van der Waals surface area contributed by atoms with Crippen molar-refractivity contribution in [1.82, 2.24) is 0 Å². The third kappa shape index (κ3) is 9.92. The van der Waals surface area contributed by atoms with Crippen molar-refractivity contribution in [3.05, 3.63) is 132 Å². The molecule has 0 nitrogen and oxygen atoms in total. The molecule has 6 aromatic rings. The normalized spacial score (nSPS) is 10.0. The van der Waals surface area contributed by atoms with Crippen molar-refractivity contribution >= 4 is 48.1 Å². The van der Waals surface area contributed by atoms with Gasteiger partial charge in [0.1, 0.15) is 0 Å². The Morgan fingerprint density at radius 1 is 0.571 bits per heavy atom. The van der Waals surface area contributed by atoms with Crippen molar-refractivity contribution in [3.63, 3.8) is 0 Å². The van der Waals surface area contributed by atoms with E-state index in [-0.39, 0.29) is 0 Å². The number of fused-ring (bicyclic) bond motifs is 2. The van der Waals surface area contributed by atoms with Gasteiger partial charge in [-0.25, -0.2) is 0 Å². The molecule has 0 aliphatic heterocycles. The zero-order valence-corrected chi connectivity index (χ0v) is 30.1. The summed E-state index contributed by atoms with van der Waals surface area (Å²) < 4.78 is 0. The Morgan fingerprint density at radius 3 is 1.26 bits per heavy atom. The van der Waals surface area contributed by atoms with Crippen molar-refractivity contribution in [2.45, 2.75) is 52.6 Å². The van der Waals surface area contributed by atoms with Crippen LogP contribution in [0.25, 0.3) is 43.8 Å². The molecule has 0 aliphatic rings. The first-order chi connectivity index (χ1) is 20.6. The predicted molar refractivity (Wildman–Crippen MR) is 187 cm³/mol. The fourth-order valence-corrected chi connectivity index (χ4v) is 5.20. The van der Waals surface area contributed by atoms with Crippen LogP contribution in [0.1, 0.15) is 37.8 Å². The van der Waals surface area contributed by atoms with Crippen molar-refractivity contribution in [2.75, 3.05) is 0 Å². The summed E-state index contributed by atoms with van der Waals surface area (Å²) in [6.07, 6.45) is 4.75. The van der Waals surface area contributed by atoms with E-state index in [0.717, 1.165) is 9.52 Å². The molecule has 0 bridgehead atoms. The van der Waals surface area contributed by atoms with Crippen LogP contribution >= 0.6 is 17.0 Å². The summed E-state index contributed by atoms with van der Waals surface area (Å²) in [7, 11) is 11.0. The molecule has 4 heteroatoms. The standard InChI is InChI=1S/2C18H17.C2H6Si.2ClH.Zr/c2*1-2-7-14-12-16-10-6-11-17(18(16)13-14)15-8-4-3-5-9-15;1-3-2;;;/h2*3-6,8-13H,2,7H2,1H3;1-2H3;2*1H;/q2*-1;;;;+4/p-2. The van der Waals surface area contributed by atoms with Crippen LogP contribution in [-0.2, 0) is 33.7 Å². The van der Waals surface area contributed by atoms with Gasteiger partial charge in [0.2, 0.25) is 0 Å². The third-order valence-corrected chi connectivity index (χ3v) is 6.87. The van der Waals surface area contributed by atoms with Crippen LogP contribution in [0.4, 0.5) is 0 Å². The number of benzene rings is 4. The van der Waals surface area contributed by atoms with Crippen molar-refractivity contribution in [1.29, 1.82) is 0 Å². The summed E-state index contributed by atoms with van der Waals surface area (Å²) in [5.74, 6) is 0. The van der Waals surface area contributed by atoms with E-state index >= 15 is 0 Å². The Balaban J connectivity index is 0.000000195. The van der Waals surface area contributed by atoms with E-state index in [1.165, 1.54) is 80.6 Å². The Hall–Kier alpha value is -2.22. The van der Waals surface area contributed by atoms with Gasteiger partial charge < -0.3 is 0 Å². The molecule has 0 atom stereocenters. The molecule has 6 rings (SSSR count). The van der Waals surface area contributed by atoms with E-state index in [1.807, 2.05) is 0 Å². The fraction of sp³-hybridized carbons (Fsp3) is 0.211.